The molecule has 7 nitrogen and oxygen atoms in total. The Hall–Kier alpha value is -2.09. The maximum Gasteiger partial charge on any atom is 0.339 e. The van der Waals surface area contributed by atoms with E-state index >= 15 is 0 Å². The van der Waals surface area contributed by atoms with Crippen LogP contribution in [0, 0.1) is 0 Å². The van der Waals surface area contributed by atoms with Gasteiger partial charge in [-0.15, -0.1) is 13.2 Å². The second kappa shape index (κ2) is 4.54. The Kier molecular flexibility index (Phi) is 3.19. The number of carbonyl (C=O) groups is 1. The minimum absolute atomic E-state index is 0.0924. The van der Waals surface area contributed by atoms with E-state index in [0.717, 1.165) is 4.31 Å². The fourth-order valence-corrected chi connectivity index (χ4v) is 3.34. The largest absolute Gasteiger partial charge is 0.339 e. The molecule has 0 saturated carbocycles. The van der Waals surface area contributed by atoms with Crippen molar-refractivity contribution in [2.24, 2.45) is 7.05 Å². The van der Waals surface area contributed by atoms with Crippen LogP contribution < -0.4 is 4.90 Å². The maximum absolute atomic E-state index is 12.3. The van der Waals surface area contributed by atoms with Crippen molar-refractivity contribution in [2.75, 3.05) is 18.0 Å². The van der Waals surface area contributed by atoms with E-state index in [1.54, 1.807) is 7.05 Å². The highest BCUT2D eigenvalue weighted by molar-refractivity contribution is 7.89. The van der Waals surface area contributed by atoms with Gasteiger partial charge in [0, 0.05) is 19.8 Å². The molecule has 0 saturated heterocycles. The van der Waals surface area contributed by atoms with Crippen molar-refractivity contribution in [1.29, 1.82) is 0 Å². The van der Waals surface area contributed by atoms with Gasteiger partial charge in [0.25, 0.3) is 10.0 Å². The van der Waals surface area contributed by atoms with Crippen molar-refractivity contribution in [2.45, 2.75) is 5.03 Å². The highest BCUT2D eigenvalue weighted by Gasteiger charge is 2.42. The van der Waals surface area contributed by atoms with Gasteiger partial charge < -0.3 is 0 Å². The van der Waals surface area contributed by atoms with Gasteiger partial charge in [0.1, 0.15) is 5.69 Å². The topological polar surface area (TPSA) is 75.5 Å². The van der Waals surface area contributed by atoms with E-state index in [1.165, 1.54) is 27.9 Å². The fourth-order valence-electron chi connectivity index (χ4n) is 1.87. The minimum atomic E-state index is -3.92. The van der Waals surface area contributed by atoms with Crippen LogP contribution in [0.1, 0.15) is 0 Å². The molecule has 1 aromatic heterocycles. The first-order chi connectivity index (χ1) is 8.93. The van der Waals surface area contributed by atoms with E-state index in [-0.39, 0.29) is 23.8 Å². The first kappa shape index (κ1) is 13.3. The number of hydrogen-bond donors (Lipinski definition) is 0. The Balaban J connectivity index is 2.65. The smallest absolute Gasteiger partial charge is 0.285 e. The number of fused-ring (bicyclic) bond motifs is 1. The Labute approximate surface area is 111 Å². The fraction of sp³-hybridized carbons (Fsp3) is 0.273. The quantitative estimate of drug-likeness (QED) is 0.763. The SMILES string of the molecule is C=CCN1C(=O)N(CC=C)S(=O)(=O)c2nn(C)cc21. The van der Waals surface area contributed by atoms with Crippen LogP contribution in [0.4, 0.5) is 10.5 Å². The van der Waals surface area contributed by atoms with Gasteiger partial charge >= 0.3 is 6.03 Å². The molecule has 0 aromatic carbocycles. The van der Waals surface area contributed by atoms with Crippen LogP contribution in [0.15, 0.2) is 36.5 Å². The van der Waals surface area contributed by atoms with Gasteiger partial charge in [-0.05, 0) is 0 Å². The zero-order valence-corrected chi connectivity index (χ0v) is 11.3. The van der Waals surface area contributed by atoms with Crippen molar-refractivity contribution in [3.63, 3.8) is 0 Å². The Bertz CT molecular complexity index is 647. The number of rotatable bonds is 4. The number of hydrogen-bond acceptors (Lipinski definition) is 4. The molecule has 0 bridgehead atoms. The van der Waals surface area contributed by atoms with E-state index in [4.69, 9.17) is 0 Å². The molecular weight excluding hydrogens is 268 g/mol. The maximum atomic E-state index is 12.3. The lowest BCUT2D eigenvalue weighted by atomic mass is 10.4. The third-order valence-electron chi connectivity index (χ3n) is 2.65. The number of aryl methyl sites for hydroxylation is 1. The van der Waals surface area contributed by atoms with Crippen molar-refractivity contribution >= 4 is 21.7 Å². The standard InChI is InChI=1S/C11H14N4O3S/c1-4-6-14-9-8-13(3)12-10(9)19(17,18)15(7-5-2)11(14)16/h4-5,8H,1-2,6-7H2,3H3. The van der Waals surface area contributed by atoms with Crippen LogP contribution in [0.2, 0.25) is 0 Å². The van der Waals surface area contributed by atoms with Crippen LogP contribution in [-0.2, 0) is 17.1 Å². The van der Waals surface area contributed by atoms with E-state index in [9.17, 15) is 13.2 Å². The molecule has 0 radical (unpaired) electrons. The lowest BCUT2D eigenvalue weighted by Crippen LogP contribution is -2.50. The monoisotopic (exact) mass is 282 g/mol. The van der Waals surface area contributed by atoms with Gasteiger partial charge in [0.15, 0.2) is 0 Å². The van der Waals surface area contributed by atoms with E-state index in [2.05, 4.69) is 18.3 Å². The lowest BCUT2D eigenvalue weighted by Gasteiger charge is -2.32. The van der Waals surface area contributed by atoms with Gasteiger partial charge in [0.2, 0.25) is 5.03 Å². The molecule has 1 aromatic rings. The van der Waals surface area contributed by atoms with E-state index < -0.39 is 16.1 Å². The number of sulfonamides is 1. The predicted molar refractivity (Wildman–Crippen MR) is 70.2 cm³/mol. The summed E-state index contributed by atoms with van der Waals surface area (Å²) in [6.45, 7) is 7.15. The van der Waals surface area contributed by atoms with Gasteiger partial charge in [0.05, 0.1) is 6.54 Å². The first-order valence-electron chi connectivity index (χ1n) is 5.53. The van der Waals surface area contributed by atoms with Crippen molar-refractivity contribution in [3.05, 3.63) is 31.5 Å². The van der Waals surface area contributed by atoms with Gasteiger partial charge in [-0.3, -0.25) is 9.58 Å². The molecule has 0 aliphatic carbocycles. The number of nitrogens with zero attached hydrogens (tertiary/aromatic N) is 4. The summed E-state index contributed by atoms with van der Waals surface area (Å²) in [5, 5.41) is 3.80. The molecular formula is C11H14N4O3S. The second-order valence-electron chi connectivity index (χ2n) is 4.00. The molecule has 19 heavy (non-hydrogen) atoms. The molecule has 1 aliphatic rings. The molecule has 1 aliphatic heterocycles. The van der Waals surface area contributed by atoms with Crippen molar-refractivity contribution < 1.29 is 13.2 Å². The van der Waals surface area contributed by atoms with Crippen LogP contribution in [0.25, 0.3) is 0 Å². The second-order valence-corrected chi connectivity index (χ2v) is 5.78. The van der Waals surface area contributed by atoms with Crippen LogP contribution in [0.3, 0.4) is 0 Å². The summed E-state index contributed by atoms with van der Waals surface area (Å²) >= 11 is 0. The molecule has 0 atom stereocenters. The summed E-state index contributed by atoms with van der Waals surface area (Å²) in [4.78, 5) is 13.6. The van der Waals surface area contributed by atoms with Crippen LogP contribution in [-0.4, -0.2) is 41.6 Å². The highest BCUT2D eigenvalue weighted by Crippen LogP contribution is 2.32. The Morgan fingerprint density at radius 3 is 2.53 bits per heavy atom. The average molecular weight is 282 g/mol. The van der Waals surface area contributed by atoms with E-state index in [1.807, 2.05) is 0 Å². The third kappa shape index (κ3) is 1.93. The highest BCUT2D eigenvalue weighted by atomic mass is 32.2. The minimum Gasteiger partial charge on any atom is -0.285 e. The van der Waals surface area contributed by atoms with Gasteiger partial charge in [-0.25, -0.2) is 9.10 Å². The molecule has 0 unspecified atom stereocenters. The molecule has 8 heteroatoms. The third-order valence-corrected chi connectivity index (χ3v) is 4.32. The Morgan fingerprint density at radius 2 is 1.95 bits per heavy atom. The summed E-state index contributed by atoms with van der Waals surface area (Å²) in [6, 6.07) is -0.625. The molecule has 0 N–H and O–H groups in total. The van der Waals surface area contributed by atoms with E-state index in [0.29, 0.717) is 0 Å². The molecule has 2 amide bonds. The lowest BCUT2D eigenvalue weighted by molar-refractivity contribution is 0.231. The van der Waals surface area contributed by atoms with Crippen LogP contribution in [0.5, 0.6) is 0 Å². The summed E-state index contributed by atoms with van der Waals surface area (Å²) in [5.41, 5.74) is 0.271. The van der Waals surface area contributed by atoms with Crippen molar-refractivity contribution in [1.82, 2.24) is 14.1 Å². The zero-order valence-electron chi connectivity index (χ0n) is 10.5. The molecule has 2 rings (SSSR count). The molecule has 0 fully saturated rings. The average Bonchev–Trinajstić information content (AvgIpc) is 2.73. The number of amides is 2. The first-order valence-corrected chi connectivity index (χ1v) is 6.97. The Morgan fingerprint density at radius 1 is 1.32 bits per heavy atom. The summed E-state index contributed by atoms with van der Waals surface area (Å²) < 4.78 is 26.7. The summed E-state index contributed by atoms with van der Waals surface area (Å²) in [7, 11) is -2.32. The van der Waals surface area contributed by atoms with Gasteiger partial charge in [-0.1, -0.05) is 12.2 Å². The normalized spacial score (nSPS) is 17.2. The van der Waals surface area contributed by atoms with Gasteiger partial charge in [-0.2, -0.15) is 13.5 Å². The number of carbonyl (C=O) groups excluding carboxylic acids is 1. The number of urea groups is 1. The summed E-state index contributed by atoms with van der Waals surface area (Å²) in [6.07, 6.45) is 4.38. The predicted octanol–water partition coefficient (Wildman–Crippen LogP) is 0.723. The summed E-state index contributed by atoms with van der Waals surface area (Å²) in [5.74, 6) is 0. The van der Waals surface area contributed by atoms with Crippen LogP contribution >= 0.6 is 0 Å². The van der Waals surface area contributed by atoms with Crippen molar-refractivity contribution in [3.8, 4) is 0 Å². The molecule has 0 spiro atoms. The molecule has 2 heterocycles. The molecule has 102 valence electrons. The number of aromatic nitrogens is 2. The number of anilines is 1. The zero-order chi connectivity index (χ0) is 14.2.